The molecular weight excluding hydrogens is 203 g/mol. The first-order valence-electron chi connectivity index (χ1n) is 4.22. The third-order valence-corrected chi connectivity index (χ3v) is 2.30. The van der Waals surface area contributed by atoms with Crippen LogP contribution in [-0.2, 0) is 6.42 Å². The molecule has 0 radical (unpaired) electrons. The van der Waals surface area contributed by atoms with Gasteiger partial charge in [0.2, 0.25) is 0 Å². The summed E-state index contributed by atoms with van der Waals surface area (Å²) in [5.41, 5.74) is 2.40. The minimum atomic E-state index is -0.265. The number of halogens is 2. The van der Waals surface area contributed by atoms with Crippen LogP contribution in [0.5, 0.6) is 0 Å². The van der Waals surface area contributed by atoms with Gasteiger partial charge in [0, 0.05) is 0 Å². The van der Waals surface area contributed by atoms with E-state index in [2.05, 4.69) is 18.7 Å². The van der Waals surface area contributed by atoms with E-state index in [4.69, 9.17) is 23.2 Å². The monoisotopic (exact) mass is 214 g/mol. The molecule has 0 aliphatic carbocycles. The Kier molecular flexibility index (Phi) is 4.34. The molecule has 0 heterocycles. The van der Waals surface area contributed by atoms with Gasteiger partial charge in [0.25, 0.3) is 0 Å². The van der Waals surface area contributed by atoms with Crippen molar-refractivity contribution < 1.29 is 0 Å². The van der Waals surface area contributed by atoms with Crippen LogP contribution in [0.2, 0.25) is 0 Å². The molecule has 0 N–H and O–H groups in total. The summed E-state index contributed by atoms with van der Waals surface area (Å²) in [4.78, 5) is -0.265. The Bertz CT molecular complexity index is 262. The molecule has 0 atom stereocenters. The maximum absolute atomic E-state index is 5.64. The van der Waals surface area contributed by atoms with E-state index >= 15 is 0 Å². The predicted octanol–water partition coefficient (Wildman–Crippen LogP) is 4.07. The molecular formula is C11H12Cl2. The van der Waals surface area contributed by atoms with E-state index in [0.717, 1.165) is 18.4 Å². The number of benzene rings is 1. The summed E-state index contributed by atoms with van der Waals surface area (Å²) in [6.45, 7) is 3.69. The fraction of sp³-hybridized carbons (Fsp3) is 0.273. The molecule has 0 unspecified atom stereocenters. The van der Waals surface area contributed by atoms with Gasteiger partial charge in [-0.1, -0.05) is 36.9 Å². The molecule has 13 heavy (non-hydrogen) atoms. The molecule has 0 spiro atoms. The maximum Gasteiger partial charge on any atom is 0.108 e. The minimum Gasteiger partial charge on any atom is -0.105 e. The molecule has 0 amide bonds. The highest BCUT2D eigenvalue weighted by atomic mass is 35.5. The van der Waals surface area contributed by atoms with Crippen LogP contribution in [0.1, 0.15) is 17.5 Å². The number of rotatable bonds is 4. The Morgan fingerprint density at radius 2 is 1.85 bits per heavy atom. The average molecular weight is 215 g/mol. The van der Waals surface area contributed by atoms with E-state index in [1.165, 1.54) is 5.56 Å². The SMILES string of the molecule is C=Cc1ccc(CCC(Cl)Cl)cc1. The largest absolute Gasteiger partial charge is 0.108 e. The van der Waals surface area contributed by atoms with E-state index in [0.29, 0.717) is 0 Å². The van der Waals surface area contributed by atoms with Crippen molar-refractivity contribution in [3.05, 3.63) is 42.0 Å². The van der Waals surface area contributed by atoms with Crippen LogP contribution in [0.3, 0.4) is 0 Å². The number of hydrogen-bond acceptors (Lipinski definition) is 0. The number of aryl methyl sites for hydroxylation is 1. The van der Waals surface area contributed by atoms with Crippen LogP contribution in [-0.4, -0.2) is 4.84 Å². The minimum absolute atomic E-state index is 0.265. The van der Waals surface area contributed by atoms with Crippen LogP contribution >= 0.6 is 23.2 Å². The molecule has 0 fully saturated rings. The second-order valence-electron chi connectivity index (χ2n) is 2.88. The van der Waals surface area contributed by atoms with E-state index in [-0.39, 0.29) is 4.84 Å². The highest BCUT2D eigenvalue weighted by Gasteiger charge is 1.99. The zero-order chi connectivity index (χ0) is 9.68. The molecule has 1 aromatic carbocycles. The van der Waals surface area contributed by atoms with Crippen molar-refractivity contribution in [2.24, 2.45) is 0 Å². The summed E-state index contributed by atoms with van der Waals surface area (Å²) in [5, 5.41) is 0. The van der Waals surface area contributed by atoms with Crippen LogP contribution < -0.4 is 0 Å². The molecule has 2 heteroatoms. The first-order valence-corrected chi connectivity index (χ1v) is 5.09. The van der Waals surface area contributed by atoms with Crippen LogP contribution in [0.4, 0.5) is 0 Å². The second kappa shape index (κ2) is 5.31. The van der Waals surface area contributed by atoms with Crippen molar-refractivity contribution in [2.45, 2.75) is 17.7 Å². The average Bonchev–Trinajstić information content (AvgIpc) is 2.15. The standard InChI is InChI=1S/C11H12Cl2/c1-2-9-3-5-10(6-4-9)7-8-11(12)13/h2-6,11H,1,7-8H2. The summed E-state index contributed by atoms with van der Waals surface area (Å²) in [6.07, 6.45) is 3.56. The highest BCUT2D eigenvalue weighted by molar-refractivity contribution is 6.44. The van der Waals surface area contributed by atoms with E-state index in [9.17, 15) is 0 Å². The van der Waals surface area contributed by atoms with Crippen molar-refractivity contribution in [1.29, 1.82) is 0 Å². The van der Waals surface area contributed by atoms with Crippen molar-refractivity contribution in [3.63, 3.8) is 0 Å². The molecule has 70 valence electrons. The lowest BCUT2D eigenvalue weighted by atomic mass is 10.1. The first-order chi connectivity index (χ1) is 6.22. The van der Waals surface area contributed by atoms with E-state index in [1.54, 1.807) is 0 Å². The zero-order valence-corrected chi connectivity index (χ0v) is 8.85. The summed E-state index contributed by atoms with van der Waals surface area (Å²) in [7, 11) is 0. The van der Waals surface area contributed by atoms with Gasteiger partial charge in [-0.25, -0.2) is 0 Å². The van der Waals surface area contributed by atoms with Crippen LogP contribution in [0.15, 0.2) is 30.8 Å². The lowest BCUT2D eigenvalue weighted by molar-refractivity contribution is 0.892. The van der Waals surface area contributed by atoms with Gasteiger partial charge in [-0.15, -0.1) is 23.2 Å². The maximum atomic E-state index is 5.64. The number of hydrogen-bond donors (Lipinski definition) is 0. The molecule has 0 saturated heterocycles. The lowest BCUT2D eigenvalue weighted by Gasteiger charge is -2.02. The van der Waals surface area contributed by atoms with Crippen molar-refractivity contribution in [1.82, 2.24) is 0 Å². The summed E-state index contributed by atoms with van der Waals surface area (Å²) in [5.74, 6) is 0. The van der Waals surface area contributed by atoms with Gasteiger partial charge >= 0.3 is 0 Å². The van der Waals surface area contributed by atoms with Gasteiger partial charge in [0.05, 0.1) is 0 Å². The van der Waals surface area contributed by atoms with Crippen molar-refractivity contribution >= 4 is 29.3 Å². The van der Waals surface area contributed by atoms with Crippen molar-refractivity contribution in [2.75, 3.05) is 0 Å². The summed E-state index contributed by atoms with van der Waals surface area (Å²) >= 11 is 11.3. The topological polar surface area (TPSA) is 0 Å². The van der Waals surface area contributed by atoms with Crippen molar-refractivity contribution in [3.8, 4) is 0 Å². The van der Waals surface area contributed by atoms with Gasteiger partial charge in [-0.2, -0.15) is 0 Å². The van der Waals surface area contributed by atoms with E-state index < -0.39 is 0 Å². The Labute approximate surface area is 89.2 Å². The highest BCUT2D eigenvalue weighted by Crippen LogP contribution is 2.13. The van der Waals surface area contributed by atoms with E-state index in [1.807, 2.05) is 18.2 Å². The lowest BCUT2D eigenvalue weighted by Crippen LogP contribution is -1.91. The predicted molar refractivity (Wildman–Crippen MR) is 60.3 cm³/mol. The molecule has 0 aromatic heterocycles. The smallest absolute Gasteiger partial charge is 0.105 e. The third-order valence-electron chi connectivity index (χ3n) is 1.87. The zero-order valence-electron chi connectivity index (χ0n) is 7.34. The fourth-order valence-electron chi connectivity index (χ4n) is 1.10. The Morgan fingerprint density at radius 3 is 2.31 bits per heavy atom. The second-order valence-corrected chi connectivity index (χ2v) is 4.15. The van der Waals surface area contributed by atoms with Crippen LogP contribution in [0.25, 0.3) is 6.08 Å². The first kappa shape index (κ1) is 10.6. The van der Waals surface area contributed by atoms with Crippen LogP contribution in [0, 0.1) is 0 Å². The molecule has 0 aliphatic rings. The van der Waals surface area contributed by atoms with Gasteiger partial charge in [0.15, 0.2) is 0 Å². The molecule has 1 aromatic rings. The molecule has 0 saturated carbocycles. The van der Waals surface area contributed by atoms with Gasteiger partial charge in [0.1, 0.15) is 4.84 Å². The molecule has 0 nitrogen and oxygen atoms in total. The van der Waals surface area contributed by atoms with Gasteiger partial charge in [-0.3, -0.25) is 0 Å². The quantitative estimate of drug-likeness (QED) is 0.664. The molecule has 0 aliphatic heterocycles. The summed E-state index contributed by atoms with van der Waals surface area (Å²) in [6, 6.07) is 8.24. The Hall–Kier alpha value is -0.460. The Balaban J connectivity index is 2.54. The van der Waals surface area contributed by atoms with Gasteiger partial charge in [-0.05, 0) is 24.0 Å². The molecule has 1 rings (SSSR count). The third kappa shape index (κ3) is 3.84. The fourth-order valence-corrected chi connectivity index (χ4v) is 1.31. The summed E-state index contributed by atoms with van der Waals surface area (Å²) < 4.78 is 0. The number of alkyl halides is 2. The normalized spacial score (nSPS) is 10.4. The van der Waals surface area contributed by atoms with Gasteiger partial charge < -0.3 is 0 Å². The molecule has 0 bridgehead atoms. The Morgan fingerprint density at radius 1 is 1.23 bits per heavy atom.